The Kier molecular flexibility index (Phi) is 6.87. The van der Waals surface area contributed by atoms with Gasteiger partial charge < -0.3 is 19.7 Å². The van der Waals surface area contributed by atoms with Crippen molar-refractivity contribution < 1.29 is 29.2 Å². The van der Waals surface area contributed by atoms with Crippen LogP contribution in [-0.4, -0.2) is 49.2 Å². The zero-order valence-electron chi connectivity index (χ0n) is 20.3. The first-order chi connectivity index (χ1) is 17.6. The van der Waals surface area contributed by atoms with Crippen LogP contribution in [0.4, 0.5) is 5.69 Å². The molecule has 190 valence electrons. The van der Waals surface area contributed by atoms with Gasteiger partial charge in [0.2, 0.25) is 0 Å². The topological polar surface area (TPSA) is 156 Å². The summed E-state index contributed by atoms with van der Waals surface area (Å²) in [7, 11) is 0. The number of esters is 1. The molecule has 1 amide bonds. The number of aromatic amines is 1. The molecule has 3 aromatic rings. The van der Waals surface area contributed by atoms with Crippen LogP contribution in [0.5, 0.6) is 0 Å². The van der Waals surface area contributed by atoms with Gasteiger partial charge in [0.15, 0.2) is 0 Å². The van der Waals surface area contributed by atoms with Gasteiger partial charge in [0, 0.05) is 42.3 Å². The maximum Gasteiger partial charge on any atom is 0.355 e. The van der Waals surface area contributed by atoms with Crippen molar-refractivity contribution in [3.63, 3.8) is 0 Å². The van der Waals surface area contributed by atoms with E-state index < -0.39 is 34.4 Å². The summed E-state index contributed by atoms with van der Waals surface area (Å²) in [6.45, 7) is 5.04. The number of Topliss-reactive ketones (excluding diaryl/α,β-unsaturated/α-hetero) is 1. The first-order valence-electron chi connectivity index (χ1n) is 11.4. The number of carbonyl (C=O) groups is 3. The third kappa shape index (κ3) is 4.58. The Balaban J connectivity index is 1.89. The average Bonchev–Trinajstić information content (AvgIpc) is 3.32. The first-order valence-corrected chi connectivity index (χ1v) is 11.4. The minimum Gasteiger partial charge on any atom is -0.507 e. The highest BCUT2D eigenvalue weighted by Gasteiger charge is 2.46. The summed E-state index contributed by atoms with van der Waals surface area (Å²) in [5, 5.41) is 22.6. The maximum atomic E-state index is 13.3. The number of nitrogens with one attached hydrogen (secondary N) is 1. The van der Waals surface area contributed by atoms with E-state index in [1.807, 2.05) is 0 Å². The number of aromatic nitrogens is 2. The van der Waals surface area contributed by atoms with Gasteiger partial charge in [0.25, 0.3) is 17.4 Å². The molecule has 4 rings (SSSR count). The minimum atomic E-state index is -1.04. The second-order valence-electron chi connectivity index (χ2n) is 8.48. The number of aliphatic hydroxyl groups excluding tert-OH is 1. The van der Waals surface area contributed by atoms with Crippen LogP contribution < -0.4 is 0 Å². The number of hydrogen-bond donors (Lipinski definition) is 2. The van der Waals surface area contributed by atoms with Crippen molar-refractivity contribution in [2.75, 3.05) is 6.61 Å². The van der Waals surface area contributed by atoms with E-state index in [9.17, 15) is 29.6 Å². The van der Waals surface area contributed by atoms with Gasteiger partial charge in [-0.2, -0.15) is 0 Å². The molecule has 0 aliphatic carbocycles. The number of aliphatic hydroxyl groups is 1. The van der Waals surface area contributed by atoms with E-state index >= 15 is 0 Å². The van der Waals surface area contributed by atoms with E-state index in [0.717, 1.165) is 0 Å². The fraction of sp³-hybridized carbons (Fsp3) is 0.231. The fourth-order valence-corrected chi connectivity index (χ4v) is 4.50. The predicted molar refractivity (Wildman–Crippen MR) is 131 cm³/mol. The quantitative estimate of drug-likeness (QED) is 0.123. The van der Waals surface area contributed by atoms with Crippen LogP contribution in [0.15, 0.2) is 54.4 Å². The first kappa shape index (κ1) is 25.3. The maximum absolute atomic E-state index is 13.3. The normalized spacial score (nSPS) is 16.7. The van der Waals surface area contributed by atoms with E-state index in [-0.39, 0.29) is 35.7 Å². The van der Waals surface area contributed by atoms with Gasteiger partial charge >= 0.3 is 5.97 Å². The Morgan fingerprint density at radius 1 is 1.22 bits per heavy atom. The largest absolute Gasteiger partial charge is 0.507 e. The zero-order valence-corrected chi connectivity index (χ0v) is 20.3. The summed E-state index contributed by atoms with van der Waals surface area (Å²) < 4.78 is 5.07. The molecule has 11 nitrogen and oxygen atoms in total. The molecule has 1 aromatic carbocycles. The molecule has 1 aliphatic heterocycles. The summed E-state index contributed by atoms with van der Waals surface area (Å²) in [5.74, 6) is -2.84. The molecule has 2 aromatic heterocycles. The third-order valence-electron chi connectivity index (χ3n) is 6.19. The number of nitrogens with zero attached hydrogens (tertiary/aromatic N) is 3. The summed E-state index contributed by atoms with van der Waals surface area (Å²) in [6, 6.07) is 7.82. The second kappa shape index (κ2) is 10.1. The van der Waals surface area contributed by atoms with Crippen LogP contribution in [0, 0.1) is 24.0 Å². The van der Waals surface area contributed by atoms with Crippen LogP contribution in [0.2, 0.25) is 0 Å². The van der Waals surface area contributed by atoms with Crippen LogP contribution in [-0.2, 0) is 20.9 Å². The number of nitro benzene ring substituents is 1. The van der Waals surface area contributed by atoms with Crippen molar-refractivity contribution in [2.45, 2.75) is 33.4 Å². The summed E-state index contributed by atoms with van der Waals surface area (Å²) >= 11 is 0. The molecule has 1 saturated heterocycles. The number of non-ortho nitro benzene ring substituents is 1. The van der Waals surface area contributed by atoms with Crippen molar-refractivity contribution in [3.05, 3.63) is 98.1 Å². The van der Waals surface area contributed by atoms with Crippen molar-refractivity contribution in [2.24, 2.45) is 0 Å². The number of ether oxygens (including phenoxy) is 1. The number of H-pyrrole nitrogens is 1. The molecule has 0 saturated carbocycles. The monoisotopic (exact) mass is 504 g/mol. The summed E-state index contributed by atoms with van der Waals surface area (Å²) in [5.41, 5.74) is 1.77. The molecular formula is C26H24N4O7. The van der Waals surface area contributed by atoms with Crippen molar-refractivity contribution in [3.8, 4) is 0 Å². The van der Waals surface area contributed by atoms with Gasteiger partial charge in [-0.25, -0.2) is 4.79 Å². The molecule has 0 radical (unpaired) electrons. The minimum absolute atomic E-state index is 0.00995. The van der Waals surface area contributed by atoms with E-state index in [1.54, 1.807) is 45.3 Å². The highest BCUT2D eigenvalue weighted by atomic mass is 16.6. The Hall–Kier alpha value is -4.80. The molecule has 0 spiro atoms. The van der Waals surface area contributed by atoms with Gasteiger partial charge in [-0.05, 0) is 55.7 Å². The highest BCUT2D eigenvalue weighted by Crippen LogP contribution is 2.42. The number of likely N-dealkylation sites (tertiary alicyclic amines) is 1. The van der Waals surface area contributed by atoms with Crippen LogP contribution in [0.3, 0.4) is 0 Å². The fourth-order valence-electron chi connectivity index (χ4n) is 4.50. The van der Waals surface area contributed by atoms with Crippen LogP contribution >= 0.6 is 0 Å². The number of nitro groups is 1. The smallest absolute Gasteiger partial charge is 0.355 e. The van der Waals surface area contributed by atoms with Crippen molar-refractivity contribution >= 4 is 29.1 Å². The van der Waals surface area contributed by atoms with E-state index in [0.29, 0.717) is 22.4 Å². The molecule has 11 heteroatoms. The Morgan fingerprint density at radius 2 is 1.92 bits per heavy atom. The molecular weight excluding hydrogens is 480 g/mol. The molecule has 1 fully saturated rings. The average molecular weight is 504 g/mol. The van der Waals surface area contributed by atoms with Gasteiger partial charge in [-0.1, -0.05) is 6.07 Å². The van der Waals surface area contributed by atoms with Crippen LogP contribution in [0.1, 0.15) is 51.4 Å². The second-order valence-corrected chi connectivity index (χ2v) is 8.48. The SMILES string of the molecule is CCOC(=O)c1[nH]c(C)c(/C(O)=C2\C(=O)C(=O)N(Cc3cccnc3)[C@@H]2c2ccc([N+](=O)[O-])cc2)c1C. The van der Waals surface area contributed by atoms with Gasteiger partial charge in [0.05, 0.1) is 23.1 Å². The predicted octanol–water partition coefficient (Wildman–Crippen LogP) is 3.73. The van der Waals surface area contributed by atoms with E-state index in [2.05, 4.69) is 9.97 Å². The zero-order chi connectivity index (χ0) is 26.9. The number of hydrogen-bond acceptors (Lipinski definition) is 8. The Labute approximate surface area is 211 Å². The lowest BCUT2D eigenvalue weighted by atomic mass is 9.94. The molecule has 2 N–H and O–H groups in total. The summed E-state index contributed by atoms with van der Waals surface area (Å²) in [4.78, 5) is 57.7. The highest BCUT2D eigenvalue weighted by molar-refractivity contribution is 6.46. The molecule has 3 heterocycles. The van der Waals surface area contributed by atoms with E-state index in [1.165, 1.54) is 29.2 Å². The molecule has 37 heavy (non-hydrogen) atoms. The molecule has 0 unspecified atom stereocenters. The Morgan fingerprint density at radius 3 is 2.51 bits per heavy atom. The van der Waals surface area contributed by atoms with Gasteiger partial charge in [-0.3, -0.25) is 24.7 Å². The number of benzene rings is 1. The lowest BCUT2D eigenvalue weighted by Crippen LogP contribution is -2.29. The third-order valence-corrected chi connectivity index (χ3v) is 6.19. The number of aryl methyl sites for hydroxylation is 1. The number of ketones is 1. The van der Waals surface area contributed by atoms with E-state index in [4.69, 9.17) is 4.74 Å². The lowest BCUT2D eigenvalue weighted by Gasteiger charge is -2.25. The van der Waals surface area contributed by atoms with Crippen LogP contribution in [0.25, 0.3) is 5.76 Å². The Bertz CT molecular complexity index is 1430. The molecule has 1 atom stereocenters. The van der Waals surface area contributed by atoms with Crippen molar-refractivity contribution in [1.29, 1.82) is 0 Å². The van der Waals surface area contributed by atoms with Crippen molar-refractivity contribution in [1.82, 2.24) is 14.9 Å². The molecule has 1 aliphatic rings. The number of pyridine rings is 1. The van der Waals surface area contributed by atoms with Gasteiger partial charge in [0.1, 0.15) is 11.5 Å². The summed E-state index contributed by atoms with van der Waals surface area (Å²) in [6.07, 6.45) is 3.13. The number of rotatable bonds is 7. The number of amides is 1. The van der Waals surface area contributed by atoms with Gasteiger partial charge in [-0.15, -0.1) is 0 Å². The lowest BCUT2D eigenvalue weighted by molar-refractivity contribution is -0.384. The molecule has 0 bridgehead atoms. The standard InChI is InChI=1S/C26H24N4O7/c1-4-37-26(34)21-14(2)19(15(3)28-21)23(31)20-22(17-7-9-18(10-8-17)30(35)36)29(25(33)24(20)32)13-16-6-5-11-27-12-16/h5-12,22,28,31H,4,13H2,1-3H3/b23-20+/t22-/m1/s1. The number of carbonyl (C=O) groups excluding carboxylic acids is 3.